The van der Waals surface area contributed by atoms with Crippen LogP contribution in [0.15, 0.2) is 16.6 Å². The van der Waals surface area contributed by atoms with E-state index in [1.54, 1.807) is 12.1 Å². The summed E-state index contributed by atoms with van der Waals surface area (Å²) in [5.74, 6) is 0.521. The Kier molecular flexibility index (Phi) is 2.54. The van der Waals surface area contributed by atoms with Crippen LogP contribution in [0.2, 0.25) is 0 Å². The number of aliphatic hydroxyl groups excluding tert-OH is 1. The quantitative estimate of drug-likeness (QED) is 0.727. The second kappa shape index (κ2) is 3.71. The highest BCUT2D eigenvalue weighted by molar-refractivity contribution is 9.10. The van der Waals surface area contributed by atoms with E-state index in [0.29, 0.717) is 21.5 Å². The average Bonchev–Trinajstić information content (AvgIpc) is 2.19. The first kappa shape index (κ1) is 10.3. The van der Waals surface area contributed by atoms with E-state index in [9.17, 15) is 9.90 Å². The van der Waals surface area contributed by atoms with Gasteiger partial charge in [-0.1, -0.05) is 0 Å². The lowest BCUT2D eigenvalue weighted by Crippen LogP contribution is -2.37. The number of rotatable bonds is 1. The molecule has 0 bridgehead atoms. The van der Waals surface area contributed by atoms with E-state index in [0.717, 1.165) is 0 Å². The molecule has 0 saturated heterocycles. The number of carbonyl (C=O) groups excluding carboxylic acids is 1. The van der Waals surface area contributed by atoms with Crippen LogP contribution in [0, 0.1) is 0 Å². The predicted octanol–water partition coefficient (Wildman–Crippen LogP) is 1.58. The van der Waals surface area contributed by atoms with Crippen LogP contribution in [-0.2, 0) is 0 Å². The summed E-state index contributed by atoms with van der Waals surface area (Å²) in [5.41, 5.74) is 1.05. The molecule has 0 aliphatic carbocycles. The number of urea groups is 1. The number of benzene rings is 1. The van der Waals surface area contributed by atoms with Crippen LogP contribution in [0.5, 0.6) is 5.75 Å². The van der Waals surface area contributed by atoms with Crippen molar-refractivity contribution in [2.75, 3.05) is 12.4 Å². The summed E-state index contributed by atoms with van der Waals surface area (Å²) in [6.45, 7) is 0. The molecule has 2 amide bonds. The van der Waals surface area contributed by atoms with Crippen molar-refractivity contribution in [2.45, 2.75) is 6.23 Å². The number of fused-ring (bicyclic) bond motifs is 1. The van der Waals surface area contributed by atoms with Crippen molar-refractivity contribution >= 4 is 27.6 Å². The lowest BCUT2D eigenvalue weighted by Gasteiger charge is -2.25. The summed E-state index contributed by atoms with van der Waals surface area (Å²) >= 11 is 3.29. The lowest BCUT2D eigenvalue weighted by atomic mass is 10.1. The van der Waals surface area contributed by atoms with E-state index < -0.39 is 12.3 Å². The third kappa shape index (κ3) is 1.66. The molecule has 0 fully saturated rings. The number of carbonyl (C=O) groups is 1. The SMILES string of the molecule is COc1ccc(Br)c2c1C(O)NC(=O)N2. The van der Waals surface area contributed by atoms with Gasteiger partial charge in [0, 0.05) is 4.47 Å². The Morgan fingerprint density at radius 1 is 1.53 bits per heavy atom. The van der Waals surface area contributed by atoms with Crippen molar-refractivity contribution < 1.29 is 14.6 Å². The molecule has 0 radical (unpaired) electrons. The third-order valence-electron chi connectivity index (χ3n) is 2.15. The Hall–Kier alpha value is -1.27. The third-order valence-corrected chi connectivity index (χ3v) is 2.82. The van der Waals surface area contributed by atoms with Gasteiger partial charge in [-0.05, 0) is 28.1 Å². The Labute approximate surface area is 94.6 Å². The molecule has 0 aromatic heterocycles. The van der Waals surface area contributed by atoms with Crippen molar-refractivity contribution in [1.82, 2.24) is 5.32 Å². The summed E-state index contributed by atoms with van der Waals surface area (Å²) in [7, 11) is 1.51. The molecular formula is C9H9BrN2O3. The molecule has 1 aromatic rings. The number of anilines is 1. The second-order valence-electron chi connectivity index (χ2n) is 3.04. The van der Waals surface area contributed by atoms with Gasteiger partial charge in [-0.25, -0.2) is 4.79 Å². The van der Waals surface area contributed by atoms with Crippen LogP contribution < -0.4 is 15.4 Å². The Morgan fingerprint density at radius 2 is 2.27 bits per heavy atom. The summed E-state index contributed by atoms with van der Waals surface area (Å²) in [6, 6.07) is 3.02. The number of halogens is 1. The number of ether oxygens (including phenoxy) is 1. The molecule has 1 atom stereocenters. The van der Waals surface area contributed by atoms with Crippen LogP contribution in [-0.4, -0.2) is 18.2 Å². The zero-order chi connectivity index (χ0) is 11.0. The maximum absolute atomic E-state index is 11.1. The monoisotopic (exact) mass is 272 g/mol. The highest BCUT2D eigenvalue weighted by Crippen LogP contribution is 2.38. The number of hydrogen-bond acceptors (Lipinski definition) is 3. The molecule has 1 aliphatic heterocycles. The highest BCUT2D eigenvalue weighted by Gasteiger charge is 2.27. The van der Waals surface area contributed by atoms with E-state index >= 15 is 0 Å². The van der Waals surface area contributed by atoms with Gasteiger partial charge in [-0.15, -0.1) is 0 Å². The van der Waals surface area contributed by atoms with Gasteiger partial charge in [0.15, 0.2) is 6.23 Å². The number of amides is 2. The standard InChI is InChI=1S/C9H9BrN2O3/c1-15-5-3-2-4(10)7-6(5)8(13)12-9(14)11-7/h2-3,8,13H,1H3,(H2,11,12,14). The van der Waals surface area contributed by atoms with Gasteiger partial charge in [0.1, 0.15) is 5.75 Å². The largest absolute Gasteiger partial charge is 0.496 e. The van der Waals surface area contributed by atoms with Crippen LogP contribution in [0.4, 0.5) is 10.5 Å². The fourth-order valence-corrected chi connectivity index (χ4v) is 1.94. The molecule has 15 heavy (non-hydrogen) atoms. The normalized spacial score (nSPS) is 18.9. The van der Waals surface area contributed by atoms with Gasteiger partial charge in [-0.2, -0.15) is 0 Å². The van der Waals surface area contributed by atoms with Gasteiger partial charge in [0.25, 0.3) is 0 Å². The minimum atomic E-state index is -1.05. The Morgan fingerprint density at radius 3 is 2.93 bits per heavy atom. The van der Waals surface area contributed by atoms with E-state index in [-0.39, 0.29) is 0 Å². The van der Waals surface area contributed by atoms with Crippen molar-refractivity contribution in [1.29, 1.82) is 0 Å². The molecule has 1 unspecified atom stereocenters. The maximum atomic E-state index is 11.1. The Balaban J connectivity index is 2.61. The smallest absolute Gasteiger partial charge is 0.321 e. The maximum Gasteiger partial charge on any atom is 0.321 e. The minimum absolute atomic E-state index is 0.441. The molecule has 5 nitrogen and oxygen atoms in total. The van der Waals surface area contributed by atoms with Crippen LogP contribution >= 0.6 is 15.9 Å². The molecule has 1 aromatic carbocycles. The predicted molar refractivity (Wildman–Crippen MR) is 57.8 cm³/mol. The van der Waals surface area contributed by atoms with Gasteiger partial charge in [-0.3, -0.25) is 0 Å². The molecule has 1 heterocycles. The van der Waals surface area contributed by atoms with Crippen molar-refractivity contribution in [3.63, 3.8) is 0 Å². The van der Waals surface area contributed by atoms with E-state index in [1.165, 1.54) is 7.11 Å². The first-order chi connectivity index (χ1) is 7.13. The molecule has 2 rings (SSSR count). The number of aliphatic hydroxyl groups is 1. The summed E-state index contributed by atoms with van der Waals surface area (Å²) in [6.07, 6.45) is -1.05. The first-order valence-electron chi connectivity index (χ1n) is 4.25. The van der Waals surface area contributed by atoms with Crippen molar-refractivity contribution in [2.24, 2.45) is 0 Å². The fraction of sp³-hybridized carbons (Fsp3) is 0.222. The molecule has 3 N–H and O–H groups in total. The van der Waals surface area contributed by atoms with Crippen LogP contribution in [0.3, 0.4) is 0 Å². The highest BCUT2D eigenvalue weighted by atomic mass is 79.9. The molecule has 6 heteroatoms. The molecule has 0 spiro atoms. The number of nitrogens with one attached hydrogen (secondary N) is 2. The van der Waals surface area contributed by atoms with E-state index in [1.807, 2.05) is 0 Å². The fourth-order valence-electron chi connectivity index (χ4n) is 1.50. The summed E-state index contributed by atoms with van der Waals surface area (Å²) in [5, 5.41) is 14.6. The van der Waals surface area contributed by atoms with E-state index in [4.69, 9.17) is 4.74 Å². The summed E-state index contributed by atoms with van der Waals surface area (Å²) in [4.78, 5) is 11.1. The second-order valence-corrected chi connectivity index (χ2v) is 3.89. The molecule has 1 aliphatic rings. The summed E-state index contributed by atoms with van der Waals surface area (Å²) < 4.78 is 5.80. The van der Waals surface area contributed by atoms with Crippen LogP contribution in [0.25, 0.3) is 0 Å². The van der Waals surface area contributed by atoms with Gasteiger partial charge >= 0.3 is 6.03 Å². The lowest BCUT2D eigenvalue weighted by molar-refractivity contribution is 0.140. The average molecular weight is 273 g/mol. The number of hydrogen-bond donors (Lipinski definition) is 3. The molecular weight excluding hydrogens is 264 g/mol. The first-order valence-corrected chi connectivity index (χ1v) is 5.04. The van der Waals surface area contributed by atoms with Crippen LogP contribution in [0.1, 0.15) is 11.8 Å². The molecule has 0 saturated carbocycles. The zero-order valence-corrected chi connectivity index (χ0v) is 9.46. The van der Waals surface area contributed by atoms with Gasteiger partial charge < -0.3 is 20.5 Å². The van der Waals surface area contributed by atoms with Crippen molar-refractivity contribution in [3.8, 4) is 5.75 Å². The van der Waals surface area contributed by atoms with Gasteiger partial charge in [0.05, 0.1) is 18.4 Å². The molecule has 80 valence electrons. The van der Waals surface area contributed by atoms with Crippen molar-refractivity contribution in [3.05, 3.63) is 22.2 Å². The number of methoxy groups -OCH3 is 1. The minimum Gasteiger partial charge on any atom is -0.496 e. The zero-order valence-electron chi connectivity index (χ0n) is 7.87. The van der Waals surface area contributed by atoms with Gasteiger partial charge in [0.2, 0.25) is 0 Å². The topological polar surface area (TPSA) is 70.6 Å². The Bertz CT molecular complexity index is 422. The van der Waals surface area contributed by atoms with E-state index in [2.05, 4.69) is 26.6 Å².